The molecule has 1 aromatic rings. The van der Waals surface area contributed by atoms with Gasteiger partial charge in [0, 0.05) is 36.2 Å². The molecule has 1 aliphatic rings. The smallest absolute Gasteiger partial charge is 0.118 e. The van der Waals surface area contributed by atoms with E-state index in [9.17, 15) is 0 Å². The van der Waals surface area contributed by atoms with Crippen molar-refractivity contribution in [2.24, 2.45) is 5.73 Å². The van der Waals surface area contributed by atoms with Crippen molar-refractivity contribution in [3.05, 3.63) is 23.2 Å². The van der Waals surface area contributed by atoms with E-state index in [2.05, 4.69) is 29.7 Å². The van der Waals surface area contributed by atoms with Crippen LogP contribution >= 0.6 is 11.8 Å². The van der Waals surface area contributed by atoms with Crippen LogP contribution in [-0.2, 0) is 13.1 Å². The molecule has 1 aliphatic heterocycles. The predicted octanol–water partition coefficient (Wildman–Crippen LogP) is 1.98. The van der Waals surface area contributed by atoms with Crippen molar-refractivity contribution in [3.8, 4) is 0 Å². The van der Waals surface area contributed by atoms with Crippen molar-refractivity contribution in [3.63, 3.8) is 0 Å². The summed E-state index contributed by atoms with van der Waals surface area (Å²) in [5.41, 5.74) is 6.87. The first kappa shape index (κ1) is 12.0. The third-order valence-electron chi connectivity index (χ3n) is 2.99. The lowest BCUT2D eigenvalue weighted by atomic mass is 10.2. The Kier molecular flexibility index (Phi) is 3.95. The molecular weight excluding hydrogens is 220 g/mol. The van der Waals surface area contributed by atoms with Gasteiger partial charge in [0.15, 0.2) is 0 Å². The fraction of sp³-hybridized carbons (Fsp3) is 0.667. The Balaban J connectivity index is 1.99. The van der Waals surface area contributed by atoms with Gasteiger partial charge in [-0.2, -0.15) is 11.8 Å². The van der Waals surface area contributed by atoms with E-state index >= 15 is 0 Å². The SMILES string of the molecule is Cc1oc(CN)cc1CN1CCSC(C)C1. The molecule has 1 saturated heterocycles. The fourth-order valence-corrected chi connectivity index (χ4v) is 3.20. The van der Waals surface area contributed by atoms with Crippen LogP contribution < -0.4 is 5.73 Å². The standard InChI is InChI=1S/C12H20N2OS/c1-9-7-14(3-4-16-9)8-11-5-12(6-13)15-10(11)2/h5,9H,3-4,6-8,13H2,1-2H3. The van der Waals surface area contributed by atoms with E-state index in [0.717, 1.165) is 23.3 Å². The first-order valence-corrected chi connectivity index (χ1v) is 6.86. The molecule has 1 fully saturated rings. The second kappa shape index (κ2) is 5.25. The van der Waals surface area contributed by atoms with Crippen LogP contribution in [0.1, 0.15) is 24.0 Å². The zero-order valence-electron chi connectivity index (χ0n) is 10.0. The number of hydrogen-bond acceptors (Lipinski definition) is 4. The monoisotopic (exact) mass is 240 g/mol. The van der Waals surface area contributed by atoms with Gasteiger partial charge >= 0.3 is 0 Å². The molecule has 2 N–H and O–H groups in total. The summed E-state index contributed by atoms with van der Waals surface area (Å²) in [5, 5.41) is 0.745. The molecular formula is C12H20N2OS. The normalized spacial score (nSPS) is 22.6. The Morgan fingerprint density at radius 3 is 3.06 bits per heavy atom. The minimum absolute atomic E-state index is 0.493. The summed E-state index contributed by atoms with van der Waals surface area (Å²) >= 11 is 2.06. The van der Waals surface area contributed by atoms with Crippen molar-refractivity contribution in [2.45, 2.75) is 32.2 Å². The fourth-order valence-electron chi connectivity index (χ4n) is 2.12. The van der Waals surface area contributed by atoms with Crippen LogP contribution in [0.5, 0.6) is 0 Å². The Morgan fingerprint density at radius 2 is 2.44 bits per heavy atom. The van der Waals surface area contributed by atoms with Crippen LogP contribution in [0.25, 0.3) is 0 Å². The van der Waals surface area contributed by atoms with E-state index in [1.807, 2.05) is 6.92 Å². The highest BCUT2D eigenvalue weighted by Crippen LogP contribution is 2.22. The third kappa shape index (κ3) is 2.81. The quantitative estimate of drug-likeness (QED) is 0.877. The predicted molar refractivity (Wildman–Crippen MR) is 68.5 cm³/mol. The summed E-state index contributed by atoms with van der Waals surface area (Å²) in [6.07, 6.45) is 0. The molecule has 1 atom stereocenters. The van der Waals surface area contributed by atoms with Gasteiger partial charge in [-0.1, -0.05) is 6.92 Å². The number of nitrogens with two attached hydrogens (primary N) is 1. The molecule has 2 heterocycles. The number of nitrogens with zero attached hydrogens (tertiary/aromatic N) is 1. The topological polar surface area (TPSA) is 42.4 Å². The molecule has 1 aromatic heterocycles. The lowest BCUT2D eigenvalue weighted by molar-refractivity contribution is 0.276. The lowest BCUT2D eigenvalue weighted by Crippen LogP contribution is -2.36. The van der Waals surface area contributed by atoms with Gasteiger partial charge in [0.05, 0.1) is 6.54 Å². The maximum Gasteiger partial charge on any atom is 0.118 e. The Hall–Kier alpha value is -0.450. The van der Waals surface area contributed by atoms with Crippen LogP contribution in [0.15, 0.2) is 10.5 Å². The molecule has 0 amide bonds. The van der Waals surface area contributed by atoms with Crippen molar-refractivity contribution >= 4 is 11.8 Å². The van der Waals surface area contributed by atoms with Crippen LogP contribution in [0.4, 0.5) is 0 Å². The summed E-state index contributed by atoms with van der Waals surface area (Å²) in [4.78, 5) is 2.50. The number of thioether (sulfide) groups is 1. The Labute approximate surface area is 101 Å². The highest BCUT2D eigenvalue weighted by Gasteiger charge is 2.18. The van der Waals surface area contributed by atoms with E-state index < -0.39 is 0 Å². The van der Waals surface area contributed by atoms with Gasteiger partial charge in [-0.05, 0) is 13.0 Å². The van der Waals surface area contributed by atoms with E-state index in [-0.39, 0.29) is 0 Å². The summed E-state index contributed by atoms with van der Waals surface area (Å²) in [5.74, 6) is 3.15. The second-order valence-electron chi connectivity index (χ2n) is 4.41. The van der Waals surface area contributed by atoms with E-state index in [1.165, 1.54) is 24.4 Å². The van der Waals surface area contributed by atoms with Crippen molar-refractivity contribution in [2.75, 3.05) is 18.8 Å². The van der Waals surface area contributed by atoms with Gasteiger partial charge in [-0.3, -0.25) is 4.90 Å². The molecule has 0 aromatic carbocycles. The molecule has 1 unspecified atom stereocenters. The van der Waals surface area contributed by atoms with Gasteiger partial charge in [0.25, 0.3) is 0 Å². The molecule has 2 rings (SSSR count). The maximum absolute atomic E-state index is 5.58. The summed E-state index contributed by atoms with van der Waals surface area (Å²) in [7, 11) is 0. The molecule has 0 spiro atoms. The van der Waals surface area contributed by atoms with Gasteiger partial charge in [-0.25, -0.2) is 0 Å². The van der Waals surface area contributed by atoms with Crippen LogP contribution in [0.3, 0.4) is 0 Å². The lowest BCUT2D eigenvalue weighted by Gasteiger charge is -2.30. The van der Waals surface area contributed by atoms with E-state index in [0.29, 0.717) is 6.54 Å². The van der Waals surface area contributed by atoms with Crippen molar-refractivity contribution in [1.29, 1.82) is 0 Å². The van der Waals surface area contributed by atoms with Crippen molar-refractivity contribution < 1.29 is 4.42 Å². The third-order valence-corrected chi connectivity index (χ3v) is 4.13. The molecule has 0 saturated carbocycles. The van der Waals surface area contributed by atoms with Crippen molar-refractivity contribution in [1.82, 2.24) is 4.90 Å². The average Bonchev–Trinajstić information content (AvgIpc) is 2.60. The minimum atomic E-state index is 0.493. The first-order chi connectivity index (χ1) is 7.69. The maximum atomic E-state index is 5.58. The van der Waals surface area contributed by atoms with Gasteiger partial charge < -0.3 is 10.2 Å². The van der Waals surface area contributed by atoms with Gasteiger partial charge in [-0.15, -0.1) is 0 Å². The van der Waals surface area contributed by atoms with Crippen LogP contribution in [0.2, 0.25) is 0 Å². The van der Waals surface area contributed by atoms with Gasteiger partial charge in [0.1, 0.15) is 11.5 Å². The summed E-state index contributed by atoms with van der Waals surface area (Å²) in [6, 6.07) is 2.10. The number of furan rings is 1. The Bertz CT molecular complexity index is 351. The first-order valence-electron chi connectivity index (χ1n) is 5.81. The largest absolute Gasteiger partial charge is 0.465 e. The minimum Gasteiger partial charge on any atom is -0.465 e. The van der Waals surface area contributed by atoms with Gasteiger partial charge in [0.2, 0.25) is 0 Å². The molecule has 0 radical (unpaired) electrons. The zero-order chi connectivity index (χ0) is 11.5. The number of hydrogen-bond donors (Lipinski definition) is 1. The molecule has 16 heavy (non-hydrogen) atoms. The van der Waals surface area contributed by atoms with Crippen LogP contribution in [0, 0.1) is 6.92 Å². The molecule has 0 aliphatic carbocycles. The Morgan fingerprint density at radius 1 is 1.62 bits per heavy atom. The number of rotatable bonds is 3. The molecule has 90 valence electrons. The van der Waals surface area contributed by atoms with E-state index in [4.69, 9.17) is 10.2 Å². The summed E-state index contributed by atoms with van der Waals surface area (Å²) in [6.45, 7) is 8.17. The highest BCUT2D eigenvalue weighted by molar-refractivity contribution is 7.99. The summed E-state index contributed by atoms with van der Waals surface area (Å²) < 4.78 is 5.58. The number of aryl methyl sites for hydroxylation is 1. The van der Waals surface area contributed by atoms with Crippen LogP contribution in [-0.4, -0.2) is 29.0 Å². The second-order valence-corrected chi connectivity index (χ2v) is 5.96. The zero-order valence-corrected chi connectivity index (χ0v) is 10.8. The molecule has 4 heteroatoms. The highest BCUT2D eigenvalue weighted by atomic mass is 32.2. The molecule has 0 bridgehead atoms. The van der Waals surface area contributed by atoms with E-state index in [1.54, 1.807) is 0 Å². The average molecular weight is 240 g/mol. The molecule has 3 nitrogen and oxygen atoms in total.